The molecule has 10 heteroatoms. The van der Waals surface area contributed by atoms with E-state index in [0.29, 0.717) is 37.2 Å². The Labute approximate surface area is 207 Å². The van der Waals surface area contributed by atoms with Gasteiger partial charge in [-0.3, -0.25) is 0 Å². The maximum absolute atomic E-state index is 14.6. The molecule has 1 amide bonds. The van der Waals surface area contributed by atoms with Crippen LogP contribution in [0.15, 0.2) is 12.1 Å². The van der Waals surface area contributed by atoms with Crippen LogP contribution in [0.1, 0.15) is 60.7 Å². The summed E-state index contributed by atoms with van der Waals surface area (Å²) in [5, 5.41) is 0. The first-order chi connectivity index (χ1) is 16.2. The molecule has 4 rings (SSSR count). The minimum absolute atomic E-state index is 0.280. The van der Waals surface area contributed by atoms with Gasteiger partial charge in [-0.2, -0.15) is 0 Å². The summed E-state index contributed by atoms with van der Waals surface area (Å²) in [6, 6.07) is 2.89. The van der Waals surface area contributed by atoms with Crippen molar-refractivity contribution in [1.82, 2.24) is 14.5 Å². The Bertz CT molecular complexity index is 1090. The summed E-state index contributed by atoms with van der Waals surface area (Å²) in [5.74, 6) is 0.328. The number of nitrogens with zero attached hydrogens (tertiary/aromatic N) is 3. The molecule has 3 heterocycles. The van der Waals surface area contributed by atoms with Crippen molar-refractivity contribution in [1.29, 1.82) is 0 Å². The lowest BCUT2D eigenvalue weighted by molar-refractivity contribution is 0.00578. The van der Waals surface area contributed by atoms with Crippen LogP contribution in [0.25, 0.3) is 11.0 Å². The van der Waals surface area contributed by atoms with Crippen LogP contribution in [-0.2, 0) is 25.3 Å². The van der Waals surface area contributed by atoms with E-state index in [4.69, 9.17) is 18.8 Å². The van der Waals surface area contributed by atoms with Gasteiger partial charge in [-0.15, -0.1) is 0 Å². The van der Waals surface area contributed by atoms with E-state index in [1.165, 1.54) is 12.1 Å². The molecule has 35 heavy (non-hydrogen) atoms. The number of ether oxygens (including phenoxy) is 2. The number of hydrogen-bond acceptors (Lipinski definition) is 6. The van der Waals surface area contributed by atoms with Gasteiger partial charge in [0, 0.05) is 24.7 Å². The van der Waals surface area contributed by atoms with Crippen molar-refractivity contribution < 1.29 is 28.0 Å². The van der Waals surface area contributed by atoms with Gasteiger partial charge in [-0.05, 0) is 67.9 Å². The second kappa shape index (κ2) is 9.05. The minimum Gasteiger partial charge on any atom is -0.444 e. The molecule has 0 bridgehead atoms. The summed E-state index contributed by atoms with van der Waals surface area (Å²) in [7, 11) is -0.735. The average Bonchev–Trinajstić information content (AvgIpc) is 2.99. The monoisotopic (exact) mass is 489 g/mol. The molecule has 2 aliphatic rings. The first-order valence-electron chi connectivity index (χ1n) is 12.3. The lowest BCUT2D eigenvalue weighted by atomic mass is 9.78. The predicted octanol–water partition coefficient (Wildman–Crippen LogP) is 3.81. The third-order valence-corrected chi connectivity index (χ3v) is 6.92. The highest BCUT2D eigenvalue weighted by atomic mass is 19.1. The molecule has 2 aromatic rings. The van der Waals surface area contributed by atoms with Gasteiger partial charge in [-0.1, -0.05) is 0 Å². The largest absolute Gasteiger partial charge is 0.497 e. The predicted molar refractivity (Wildman–Crippen MR) is 132 cm³/mol. The third-order valence-electron chi connectivity index (χ3n) is 6.92. The summed E-state index contributed by atoms with van der Waals surface area (Å²) in [5.41, 5.74) is 0.183. The van der Waals surface area contributed by atoms with Crippen LogP contribution in [0.5, 0.6) is 0 Å². The van der Waals surface area contributed by atoms with E-state index in [9.17, 15) is 9.18 Å². The Morgan fingerprint density at radius 1 is 1.23 bits per heavy atom. The average molecular weight is 489 g/mol. The number of halogens is 1. The molecule has 192 valence electrons. The molecule has 1 aromatic heterocycles. The molecule has 1 aromatic carbocycles. The zero-order valence-electron chi connectivity index (χ0n) is 22.1. The van der Waals surface area contributed by atoms with Crippen molar-refractivity contribution in [2.45, 2.75) is 91.3 Å². The zero-order chi connectivity index (χ0) is 25.8. The molecule has 2 fully saturated rings. The Morgan fingerprint density at radius 3 is 2.51 bits per heavy atom. The quantitative estimate of drug-likeness (QED) is 0.611. The molecule has 1 atom stereocenters. The van der Waals surface area contributed by atoms with Gasteiger partial charge in [0.15, 0.2) is 0 Å². The second-order valence-corrected chi connectivity index (χ2v) is 11.5. The van der Waals surface area contributed by atoms with Crippen LogP contribution < -0.4 is 5.46 Å². The Kier molecular flexibility index (Phi) is 6.70. The van der Waals surface area contributed by atoms with E-state index in [0.717, 1.165) is 17.8 Å². The highest BCUT2D eigenvalue weighted by Crippen LogP contribution is 2.37. The van der Waals surface area contributed by atoms with Crippen molar-refractivity contribution in [2.75, 3.05) is 19.7 Å². The normalized spacial score (nSPS) is 22.5. The standard InChI is InChI=1S/C25H37BFN3O5/c1-16-28-20-13-17(27)12-19(26-34-24(5,6)25(7,8)35-26)21(20)30(16)15-18-14-29(10-9-11-32-18)22(31)33-23(2,3)4/h12-13,18H,9-11,14-15H2,1-8H3. The number of aryl methyl sites for hydroxylation is 1. The number of rotatable bonds is 3. The molecule has 0 N–H and O–H groups in total. The highest BCUT2D eigenvalue weighted by molar-refractivity contribution is 6.65. The molecular weight excluding hydrogens is 452 g/mol. The second-order valence-electron chi connectivity index (χ2n) is 11.5. The van der Waals surface area contributed by atoms with Gasteiger partial charge in [0.25, 0.3) is 0 Å². The topological polar surface area (TPSA) is 75.1 Å². The van der Waals surface area contributed by atoms with Gasteiger partial charge in [0.05, 0.1) is 41.4 Å². The number of imidazole rings is 1. The summed E-state index contributed by atoms with van der Waals surface area (Å²) in [4.78, 5) is 19.1. The van der Waals surface area contributed by atoms with Crippen molar-refractivity contribution in [3.63, 3.8) is 0 Å². The molecule has 8 nitrogen and oxygen atoms in total. The van der Waals surface area contributed by atoms with E-state index in [2.05, 4.69) is 4.98 Å². The van der Waals surface area contributed by atoms with Crippen LogP contribution in [0.4, 0.5) is 9.18 Å². The van der Waals surface area contributed by atoms with E-state index < -0.39 is 29.7 Å². The summed E-state index contributed by atoms with van der Waals surface area (Å²) < 4.78 is 40.8. The van der Waals surface area contributed by atoms with Gasteiger partial charge >= 0.3 is 13.2 Å². The maximum atomic E-state index is 14.6. The molecule has 2 aliphatic heterocycles. The Hall–Kier alpha value is -2.17. The van der Waals surface area contributed by atoms with E-state index in [1.54, 1.807) is 4.90 Å². The number of aromatic nitrogens is 2. The lowest BCUT2D eigenvalue weighted by Crippen LogP contribution is -2.42. The van der Waals surface area contributed by atoms with Gasteiger partial charge in [0.2, 0.25) is 0 Å². The summed E-state index contributed by atoms with van der Waals surface area (Å²) in [6.45, 7) is 17.3. The number of fused-ring (bicyclic) bond motifs is 1. The Balaban J connectivity index is 1.66. The number of carbonyl (C=O) groups is 1. The van der Waals surface area contributed by atoms with Gasteiger partial charge < -0.3 is 28.2 Å². The number of amides is 1. The van der Waals surface area contributed by atoms with E-state index in [1.807, 2.05) is 60.0 Å². The fourth-order valence-corrected chi connectivity index (χ4v) is 4.46. The maximum Gasteiger partial charge on any atom is 0.497 e. The minimum atomic E-state index is -0.735. The number of hydrogen-bond donors (Lipinski definition) is 0. The zero-order valence-corrected chi connectivity index (χ0v) is 22.1. The van der Waals surface area contributed by atoms with Crippen molar-refractivity contribution in [3.8, 4) is 0 Å². The number of benzene rings is 1. The van der Waals surface area contributed by atoms with Crippen molar-refractivity contribution in [2.24, 2.45) is 0 Å². The molecule has 0 aliphatic carbocycles. The summed E-state index contributed by atoms with van der Waals surface area (Å²) in [6.07, 6.45) is 0.0987. The smallest absolute Gasteiger partial charge is 0.444 e. The molecule has 1 unspecified atom stereocenters. The molecular formula is C25H37BFN3O5. The number of carbonyl (C=O) groups excluding carboxylic acids is 1. The third kappa shape index (κ3) is 5.34. The lowest BCUT2D eigenvalue weighted by Gasteiger charge is -2.32. The van der Waals surface area contributed by atoms with Gasteiger partial charge in [0.1, 0.15) is 17.2 Å². The first kappa shape index (κ1) is 25.9. The fraction of sp³-hybridized carbons (Fsp3) is 0.680. The van der Waals surface area contributed by atoms with Crippen LogP contribution in [0.2, 0.25) is 0 Å². The van der Waals surface area contributed by atoms with Crippen molar-refractivity contribution in [3.05, 3.63) is 23.8 Å². The van der Waals surface area contributed by atoms with Crippen LogP contribution in [0.3, 0.4) is 0 Å². The van der Waals surface area contributed by atoms with Crippen LogP contribution in [0, 0.1) is 12.7 Å². The van der Waals surface area contributed by atoms with Crippen LogP contribution >= 0.6 is 0 Å². The molecule has 2 saturated heterocycles. The molecule has 0 spiro atoms. The van der Waals surface area contributed by atoms with Gasteiger partial charge in [-0.25, -0.2) is 14.2 Å². The highest BCUT2D eigenvalue weighted by Gasteiger charge is 2.52. The van der Waals surface area contributed by atoms with E-state index >= 15 is 0 Å². The Morgan fingerprint density at radius 2 is 1.89 bits per heavy atom. The molecule has 0 saturated carbocycles. The summed E-state index contributed by atoms with van der Waals surface area (Å²) >= 11 is 0. The van der Waals surface area contributed by atoms with E-state index in [-0.39, 0.29) is 12.2 Å². The van der Waals surface area contributed by atoms with Crippen LogP contribution in [-0.4, -0.2) is 70.3 Å². The fourth-order valence-electron chi connectivity index (χ4n) is 4.46. The molecule has 0 radical (unpaired) electrons. The SMILES string of the molecule is Cc1nc2cc(F)cc(B3OC(C)(C)C(C)(C)O3)c2n1CC1CN(C(=O)OC(C)(C)C)CCCO1. The van der Waals surface area contributed by atoms with Crippen molar-refractivity contribution >= 4 is 29.7 Å². The first-order valence-corrected chi connectivity index (χ1v) is 12.3.